The third kappa shape index (κ3) is 4.79. The summed E-state index contributed by atoms with van der Waals surface area (Å²) in [4.78, 5) is 29.3. The van der Waals surface area contributed by atoms with Gasteiger partial charge in [0.05, 0.1) is 18.2 Å². The van der Waals surface area contributed by atoms with Gasteiger partial charge in [0.25, 0.3) is 11.8 Å². The van der Waals surface area contributed by atoms with Gasteiger partial charge in [-0.2, -0.15) is 0 Å². The van der Waals surface area contributed by atoms with Crippen LogP contribution in [0, 0.1) is 20.8 Å². The number of benzene rings is 2. The predicted molar refractivity (Wildman–Crippen MR) is 114 cm³/mol. The van der Waals surface area contributed by atoms with Gasteiger partial charge in [-0.1, -0.05) is 23.8 Å². The maximum absolute atomic E-state index is 12.7. The van der Waals surface area contributed by atoms with Gasteiger partial charge in [0.2, 0.25) is 0 Å². The predicted octanol–water partition coefficient (Wildman–Crippen LogP) is 4.52. The highest BCUT2D eigenvalue weighted by atomic mass is 16.5. The molecule has 6 heteroatoms. The van der Waals surface area contributed by atoms with Crippen molar-refractivity contribution in [3.05, 3.63) is 82.7 Å². The van der Waals surface area contributed by atoms with E-state index in [2.05, 4.69) is 15.6 Å². The Morgan fingerprint density at radius 2 is 1.48 bits per heavy atom. The second-order valence-electron chi connectivity index (χ2n) is 6.88. The molecule has 0 bridgehead atoms. The molecule has 2 N–H and O–H groups in total. The summed E-state index contributed by atoms with van der Waals surface area (Å²) in [5.41, 5.74) is 5.06. The lowest BCUT2D eigenvalue weighted by molar-refractivity contribution is 0.102. The Bertz CT molecular complexity index is 1050. The van der Waals surface area contributed by atoms with Gasteiger partial charge in [-0.3, -0.25) is 14.6 Å². The largest absolute Gasteiger partial charge is 0.497 e. The van der Waals surface area contributed by atoms with Crippen molar-refractivity contribution >= 4 is 23.2 Å². The maximum atomic E-state index is 12.7. The monoisotopic (exact) mass is 389 g/mol. The third-order valence-corrected chi connectivity index (χ3v) is 4.51. The second-order valence-corrected chi connectivity index (χ2v) is 6.88. The molecule has 0 unspecified atom stereocenters. The number of hydrogen-bond acceptors (Lipinski definition) is 4. The van der Waals surface area contributed by atoms with Crippen LogP contribution in [-0.4, -0.2) is 23.9 Å². The molecule has 0 aliphatic carbocycles. The first kappa shape index (κ1) is 20.1. The number of nitrogens with zero attached hydrogens (tertiary/aromatic N) is 1. The smallest absolute Gasteiger partial charge is 0.257 e. The number of nitrogens with one attached hydrogen (secondary N) is 2. The number of carbonyl (C=O) groups is 2. The average molecular weight is 389 g/mol. The Labute approximate surface area is 169 Å². The summed E-state index contributed by atoms with van der Waals surface area (Å²) in [6.45, 7) is 5.91. The van der Waals surface area contributed by atoms with Gasteiger partial charge in [0.15, 0.2) is 0 Å². The molecule has 0 atom stereocenters. The molecule has 1 heterocycles. The van der Waals surface area contributed by atoms with Crippen molar-refractivity contribution in [1.29, 1.82) is 0 Å². The van der Waals surface area contributed by atoms with Crippen LogP contribution in [0.4, 0.5) is 11.4 Å². The standard InChI is InChI=1S/C23H23N3O3/c1-14-8-15(2)21(16(3)9-14)26-23(28)18-10-17(12-24-13-18)22(27)25-19-6-5-7-20(11-19)29-4/h5-13H,1-4H3,(H,25,27)(H,26,28). The molecule has 0 radical (unpaired) electrons. The van der Waals surface area contributed by atoms with Crippen LogP contribution < -0.4 is 15.4 Å². The molecule has 6 nitrogen and oxygen atoms in total. The van der Waals surface area contributed by atoms with Gasteiger partial charge in [-0.05, 0) is 50.1 Å². The molecule has 3 aromatic rings. The second kappa shape index (κ2) is 8.56. The summed E-state index contributed by atoms with van der Waals surface area (Å²) in [6, 6.07) is 12.6. The summed E-state index contributed by atoms with van der Waals surface area (Å²) >= 11 is 0. The molecule has 0 fully saturated rings. The minimum absolute atomic E-state index is 0.290. The number of aryl methyl sites for hydroxylation is 3. The summed E-state index contributed by atoms with van der Waals surface area (Å²) in [6.07, 6.45) is 2.87. The molecule has 0 aliphatic rings. The summed E-state index contributed by atoms with van der Waals surface area (Å²) in [5.74, 6) is -0.0374. The van der Waals surface area contributed by atoms with Crippen LogP contribution in [0.15, 0.2) is 54.9 Å². The minimum atomic E-state index is -0.358. The van der Waals surface area contributed by atoms with Crippen molar-refractivity contribution in [1.82, 2.24) is 4.98 Å². The fourth-order valence-corrected chi connectivity index (χ4v) is 3.16. The van der Waals surface area contributed by atoms with Crippen molar-refractivity contribution < 1.29 is 14.3 Å². The molecule has 0 aliphatic heterocycles. The topological polar surface area (TPSA) is 80.3 Å². The molecule has 0 spiro atoms. The Hall–Kier alpha value is -3.67. The van der Waals surface area contributed by atoms with Crippen molar-refractivity contribution in [2.75, 3.05) is 17.7 Å². The van der Waals surface area contributed by atoms with E-state index < -0.39 is 0 Å². The number of rotatable bonds is 5. The molecular formula is C23H23N3O3. The Morgan fingerprint density at radius 1 is 0.862 bits per heavy atom. The molecule has 3 rings (SSSR count). The molecular weight excluding hydrogens is 366 g/mol. The molecule has 2 amide bonds. The van der Waals surface area contributed by atoms with Gasteiger partial charge < -0.3 is 15.4 Å². The van der Waals surface area contributed by atoms with Crippen LogP contribution >= 0.6 is 0 Å². The van der Waals surface area contributed by atoms with Crippen molar-refractivity contribution in [3.63, 3.8) is 0 Å². The Kier molecular flexibility index (Phi) is 5.93. The Balaban J connectivity index is 1.78. The van der Waals surface area contributed by atoms with Crippen LogP contribution in [0.1, 0.15) is 37.4 Å². The summed E-state index contributed by atoms with van der Waals surface area (Å²) < 4.78 is 5.16. The van der Waals surface area contributed by atoms with Crippen LogP contribution in [0.25, 0.3) is 0 Å². The zero-order chi connectivity index (χ0) is 21.0. The molecule has 0 saturated carbocycles. The van der Waals surface area contributed by atoms with E-state index in [0.717, 1.165) is 22.4 Å². The molecule has 2 aromatic carbocycles. The molecule has 0 saturated heterocycles. The van der Waals surface area contributed by atoms with Crippen molar-refractivity contribution in [3.8, 4) is 5.75 Å². The van der Waals surface area contributed by atoms with Gasteiger partial charge in [0, 0.05) is 29.8 Å². The van der Waals surface area contributed by atoms with E-state index in [1.54, 1.807) is 31.4 Å². The highest BCUT2D eigenvalue weighted by Gasteiger charge is 2.14. The number of carbonyl (C=O) groups excluding carboxylic acids is 2. The van der Waals surface area contributed by atoms with Gasteiger partial charge in [-0.25, -0.2) is 0 Å². The van der Waals surface area contributed by atoms with Crippen LogP contribution in [-0.2, 0) is 0 Å². The zero-order valence-electron chi connectivity index (χ0n) is 16.9. The Morgan fingerprint density at radius 3 is 2.10 bits per heavy atom. The van der Waals surface area contributed by atoms with Crippen LogP contribution in [0.5, 0.6) is 5.75 Å². The number of amides is 2. The average Bonchev–Trinajstić information content (AvgIpc) is 2.70. The number of hydrogen-bond donors (Lipinski definition) is 2. The van der Waals surface area contributed by atoms with Crippen LogP contribution in [0.3, 0.4) is 0 Å². The van der Waals surface area contributed by atoms with Gasteiger partial charge in [0.1, 0.15) is 5.75 Å². The van der Waals surface area contributed by atoms with Gasteiger partial charge in [-0.15, -0.1) is 0 Å². The van der Waals surface area contributed by atoms with Crippen molar-refractivity contribution in [2.24, 2.45) is 0 Å². The minimum Gasteiger partial charge on any atom is -0.497 e. The van der Waals surface area contributed by atoms with E-state index in [1.165, 1.54) is 18.5 Å². The highest BCUT2D eigenvalue weighted by molar-refractivity contribution is 6.08. The van der Waals surface area contributed by atoms with Gasteiger partial charge >= 0.3 is 0 Å². The number of ether oxygens (including phenoxy) is 1. The first-order valence-electron chi connectivity index (χ1n) is 9.17. The highest BCUT2D eigenvalue weighted by Crippen LogP contribution is 2.23. The van der Waals surface area contributed by atoms with Crippen LogP contribution in [0.2, 0.25) is 0 Å². The van der Waals surface area contributed by atoms with E-state index >= 15 is 0 Å². The van der Waals surface area contributed by atoms with E-state index in [4.69, 9.17) is 4.74 Å². The lowest BCUT2D eigenvalue weighted by Gasteiger charge is -2.13. The van der Waals surface area contributed by atoms with E-state index in [0.29, 0.717) is 17.0 Å². The van der Waals surface area contributed by atoms with E-state index in [9.17, 15) is 9.59 Å². The fraction of sp³-hybridized carbons (Fsp3) is 0.174. The normalized spacial score (nSPS) is 10.3. The fourth-order valence-electron chi connectivity index (χ4n) is 3.16. The zero-order valence-corrected chi connectivity index (χ0v) is 16.9. The number of aromatic nitrogens is 1. The SMILES string of the molecule is COc1cccc(NC(=O)c2cncc(C(=O)Nc3c(C)cc(C)cc3C)c2)c1. The lowest BCUT2D eigenvalue weighted by atomic mass is 10.0. The third-order valence-electron chi connectivity index (χ3n) is 4.51. The summed E-state index contributed by atoms with van der Waals surface area (Å²) in [7, 11) is 1.56. The van der Waals surface area contributed by atoms with E-state index in [1.807, 2.05) is 32.9 Å². The molecule has 29 heavy (non-hydrogen) atoms. The quantitative estimate of drug-likeness (QED) is 0.672. The molecule has 148 valence electrons. The lowest BCUT2D eigenvalue weighted by Crippen LogP contribution is -2.17. The first-order chi connectivity index (χ1) is 13.9. The van der Waals surface area contributed by atoms with E-state index in [-0.39, 0.29) is 17.4 Å². The first-order valence-corrected chi connectivity index (χ1v) is 9.17. The number of methoxy groups -OCH3 is 1. The maximum Gasteiger partial charge on any atom is 0.257 e. The number of anilines is 2. The number of pyridine rings is 1. The molecule has 1 aromatic heterocycles. The van der Waals surface area contributed by atoms with Crippen molar-refractivity contribution in [2.45, 2.75) is 20.8 Å². The summed E-state index contributed by atoms with van der Waals surface area (Å²) in [5, 5.41) is 5.71.